The molecule has 1 fully saturated rings. The van der Waals surface area contributed by atoms with Crippen LogP contribution in [-0.4, -0.2) is 35.0 Å². The lowest BCUT2D eigenvalue weighted by molar-refractivity contribution is -0.143. The van der Waals surface area contributed by atoms with Crippen LogP contribution in [-0.2, 0) is 11.0 Å². The summed E-state index contributed by atoms with van der Waals surface area (Å²) in [5.41, 5.74) is -0.685. The van der Waals surface area contributed by atoms with Gasteiger partial charge in [-0.2, -0.15) is 13.2 Å². The Morgan fingerprint density at radius 2 is 1.81 bits per heavy atom. The zero-order valence-electron chi connectivity index (χ0n) is 11.1. The van der Waals surface area contributed by atoms with Crippen LogP contribution in [0.25, 0.3) is 0 Å². The van der Waals surface area contributed by atoms with Crippen LogP contribution >= 0.6 is 0 Å². The first-order valence-electron chi connectivity index (χ1n) is 6.48. The van der Waals surface area contributed by atoms with Crippen LogP contribution in [0.1, 0.15) is 28.8 Å². The van der Waals surface area contributed by atoms with Crippen LogP contribution in [0.2, 0.25) is 0 Å². The molecule has 1 saturated heterocycles. The first-order valence-corrected chi connectivity index (χ1v) is 6.48. The van der Waals surface area contributed by atoms with Gasteiger partial charge >= 0.3 is 12.1 Å². The van der Waals surface area contributed by atoms with Gasteiger partial charge in [-0.05, 0) is 37.1 Å². The average molecular weight is 301 g/mol. The summed E-state index contributed by atoms with van der Waals surface area (Å²) < 4.78 is 37.4. The average Bonchev–Trinajstić information content (AvgIpc) is 2.46. The zero-order chi connectivity index (χ0) is 15.6. The zero-order valence-corrected chi connectivity index (χ0v) is 11.1. The van der Waals surface area contributed by atoms with Crippen molar-refractivity contribution in [2.45, 2.75) is 19.0 Å². The number of carboxylic acid groups (broad SMARTS) is 1. The third-order valence-corrected chi connectivity index (χ3v) is 3.52. The van der Waals surface area contributed by atoms with E-state index in [0.717, 1.165) is 24.3 Å². The van der Waals surface area contributed by atoms with E-state index in [1.165, 1.54) is 4.90 Å². The number of carboxylic acids is 1. The van der Waals surface area contributed by atoms with Gasteiger partial charge in [-0.15, -0.1) is 0 Å². The van der Waals surface area contributed by atoms with Crippen LogP contribution in [0.3, 0.4) is 0 Å². The number of piperidine rings is 1. The minimum absolute atomic E-state index is 0.0924. The maximum atomic E-state index is 12.5. The van der Waals surface area contributed by atoms with Crippen LogP contribution in [0.15, 0.2) is 24.3 Å². The Balaban J connectivity index is 2.11. The van der Waals surface area contributed by atoms with Crippen molar-refractivity contribution in [1.82, 2.24) is 4.90 Å². The highest BCUT2D eigenvalue weighted by Crippen LogP contribution is 2.29. The van der Waals surface area contributed by atoms with Crippen molar-refractivity contribution in [1.29, 1.82) is 0 Å². The fraction of sp³-hybridized carbons (Fsp3) is 0.429. The molecule has 2 rings (SSSR count). The molecule has 0 radical (unpaired) electrons. The van der Waals surface area contributed by atoms with E-state index in [4.69, 9.17) is 5.11 Å². The molecule has 1 aromatic carbocycles. The fourth-order valence-corrected chi connectivity index (χ4v) is 2.35. The number of nitrogens with zero attached hydrogens (tertiary/aromatic N) is 1. The quantitative estimate of drug-likeness (QED) is 0.913. The second-order valence-corrected chi connectivity index (χ2v) is 5.00. The summed E-state index contributed by atoms with van der Waals surface area (Å²) in [6.07, 6.45) is -3.36. The third kappa shape index (κ3) is 3.53. The number of hydrogen-bond donors (Lipinski definition) is 1. The molecule has 1 N–H and O–H groups in total. The number of carbonyl (C=O) groups excluding carboxylic acids is 1. The van der Waals surface area contributed by atoms with E-state index in [1.54, 1.807) is 0 Å². The van der Waals surface area contributed by atoms with Gasteiger partial charge in [0.05, 0.1) is 11.5 Å². The highest BCUT2D eigenvalue weighted by molar-refractivity contribution is 5.94. The van der Waals surface area contributed by atoms with Crippen molar-refractivity contribution in [2.75, 3.05) is 13.1 Å². The van der Waals surface area contributed by atoms with Crippen molar-refractivity contribution in [3.05, 3.63) is 35.4 Å². The number of aliphatic carboxylic acids is 1. The van der Waals surface area contributed by atoms with Gasteiger partial charge in [-0.1, -0.05) is 0 Å². The summed E-state index contributed by atoms with van der Waals surface area (Å²) in [5.74, 6) is -2.01. The first kappa shape index (κ1) is 15.3. The number of alkyl halides is 3. The van der Waals surface area contributed by atoms with E-state index in [-0.39, 0.29) is 12.1 Å². The molecule has 21 heavy (non-hydrogen) atoms. The summed E-state index contributed by atoms with van der Waals surface area (Å²) in [6.45, 7) is 0.513. The van der Waals surface area contributed by atoms with Gasteiger partial charge in [0.1, 0.15) is 0 Å². The van der Waals surface area contributed by atoms with E-state index < -0.39 is 29.5 Å². The summed E-state index contributed by atoms with van der Waals surface area (Å²) >= 11 is 0. The fourth-order valence-electron chi connectivity index (χ4n) is 2.35. The van der Waals surface area contributed by atoms with E-state index in [9.17, 15) is 22.8 Å². The van der Waals surface area contributed by atoms with Crippen LogP contribution in [0, 0.1) is 5.92 Å². The molecule has 0 spiro atoms. The molecule has 0 aromatic heterocycles. The molecule has 1 aliphatic rings. The summed E-state index contributed by atoms with van der Waals surface area (Å²) in [6, 6.07) is 3.95. The number of amides is 1. The van der Waals surface area contributed by atoms with E-state index in [0.29, 0.717) is 19.4 Å². The molecule has 4 nitrogen and oxygen atoms in total. The van der Waals surface area contributed by atoms with Gasteiger partial charge in [0, 0.05) is 18.7 Å². The largest absolute Gasteiger partial charge is 0.481 e. The van der Waals surface area contributed by atoms with Crippen LogP contribution in [0.4, 0.5) is 13.2 Å². The lowest BCUT2D eigenvalue weighted by Crippen LogP contribution is -2.42. The Labute approximate surface area is 119 Å². The Morgan fingerprint density at radius 3 is 2.33 bits per heavy atom. The minimum atomic E-state index is -4.44. The lowest BCUT2D eigenvalue weighted by Gasteiger charge is -2.30. The van der Waals surface area contributed by atoms with Gasteiger partial charge < -0.3 is 10.0 Å². The highest BCUT2D eigenvalue weighted by atomic mass is 19.4. The van der Waals surface area contributed by atoms with Crippen molar-refractivity contribution in [3.63, 3.8) is 0 Å². The van der Waals surface area contributed by atoms with Crippen molar-refractivity contribution < 1.29 is 27.9 Å². The number of carbonyl (C=O) groups is 2. The van der Waals surface area contributed by atoms with E-state index in [1.807, 2.05) is 0 Å². The SMILES string of the molecule is O=C(O)[C@@H]1CCCN(C(=O)c2ccc(C(F)(F)F)cc2)C1. The molecule has 1 atom stereocenters. The normalized spacial score (nSPS) is 19.4. The lowest BCUT2D eigenvalue weighted by atomic mass is 9.97. The smallest absolute Gasteiger partial charge is 0.416 e. The predicted molar refractivity (Wildman–Crippen MR) is 67.7 cm³/mol. The van der Waals surface area contributed by atoms with Gasteiger partial charge in [0.15, 0.2) is 0 Å². The van der Waals surface area contributed by atoms with Gasteiger partial charge in [0.2, 0.25) is 0 Å². The molecule has 0 bridgehead atoms. The van der Waals surface area contributed by atoms with Crippen LogP contribution in [0.5, 0.6) is 0 Å². The number of benzene rings is 1. The Hall–Kier alpha value is -2.05. The number of likely N-dealkylation sites (tertiary alicyclic amines) is 1. The maximum Gasteiger partial charge on any atom is 0.416 e. The molecule has 1 aliphatic heterocycles. The molecule has 1 aromatic rings. The second-order valence-electron chi connectivity index (χ2n) is 5.00. The highest BCUT2D eigenvalue weighted by Gasteiger charge is 2.31. The third-order valence-electron chi connectivity index (χ3n) is 3.52. The molecule has 1 heterocycles. The summed E-state index contributed by atoms with van der Waals surface area (Å²) in [4.78, 5) is 24.5. The number of rotatable bonds is 2. The van der Waals surface area contributed by atoms with Crippen molar-refractivity contribution in [2.24, 2.45) is 5.92 Å². The minimum Gasteiger partial charge on any atom is -0.481 e. The summed E-state index contributed by atoms with van der Waals surface area (Å²) in [5, 5.41) is 8.97. The second kappa shape index (κ2) is 5.75. The molecule has 0 aliphatic carbocycles. The molecule has 0 saturated carbocycles. The van der Waals surface area contributed by atoms with Crippen molar-refractivity contribution in [3.8, 4) is 0 Å². The Kier molecular flexibility index (Phi) is 4.20. The summed E-state index contributed by atoms with van der Waals surface area (Å²) in [7, 11) is 0. The first-order chi connectivity index (χ1) is 9.79. The Morgan fingerprint density at radius 1 is 1.19 bits per heavy atom. The molecule has 7 heteroatoms. The number of hydrogen-bond acceptors (Lipinski definition) is 2. The monoisotopic (exact) mass is 301 g/mol. The van der Waals surface area contributed by atoms with Crippen LogP contribution < -0.4 is 0 Å². The van der Waals surface area contributed by atoms with Gasteiger partial charge in [-0.3, -0.25) is 9.59 Å². The Bertz CT molecular complexity index is 539. The molecule has 0 unspecified atom stereocenters. The maximum absolute atomic E-state index is 12.5. The molecular formula is C14H14F3NO3. The molecular weight excluding hydrogens is 287 g/mol. The standard InChI is InChI=1S/C14H14F3NO3/c15-14(16,17)11-5-3-9(4-6-11)12(19)18-7-1-2-10(8-18)13(20)21/h3-6,10H,1-2,7-8H2,(H,20,21)/t10-/m1/s1. The van der Waals surface area contributed by atoms with Gasteiger partial charge in [-0.25, -0.2) is 0 Å². The number of halogens is 3. The van der Waals surface area contributed by atoms with Gasteiger partial charge in [0.25, 0.3) is 5.91 Å². The topological polar surface area (TPSA) is 57.6 Å². The molecule has 114 valence electrons. The van der Waals surface area contributed by atoms with E-state index in [2.05, 4.69) is 0 Å². The van der Waals surface area contributed by atoms with Crippen molar-refractivity contribution >= 4 is 11.9 Å². The predicted octanol–water partition coefficient (Wildman–Crippen LogP) is 2.64. The van der Waals surface area contributed by atoms with E-state index >= 15 is 0 Å². The molecule has 1 amide bonds.